The van der Waals surface area contributed by atoms with Gasteiger partial charge in [0.1, 0.15) is 5.75 Å². The maximum absolute atomic E-state index is 5.69. The predicted molar refractivity (Wildman–Crippen MR) is 73.4 cm³/mol. The lowest BCUT2D eigenvalue weighted by atomic mass is 9.87. The van der Waals surface area contributed by atoms with Crippen LogP contribution in [0.5, 0.6) is 5.75 Å². The normalized spacial score (nSPS) is 11.5. The van der Waals surface area contributed by atoms with Crippen LogP contribution in [0.25, 0.3) is 0 Å². The van der Waals surface area contributed by atoms with Crippen molar-refractivity contribution in [3.8, 4) is 5.75 Å². The average Bonchev–Trinajstić information content (AvgIpc) is 2.31. The third kappa shape index (κ3) is 5.73. The first-order valence-corrected chi connectivity index (χ1v) is 6.43. The van der Waals surface area contributed by atoms with Crippen molar-refractivity contribution in [2.75, 3.05) is 13.2 Å². The van der Waals surface area contributed by atoms with Gasteiger partial charge in [0.05, 0.1) is 6.61 Å². The molecule has 0 saturated heterocycles. The van der Waals surface area contributed by atoms with E-state index in [1.807, 2.05) is 12.1 Å². The number of unbranched alkanes of at least 4 members (excludes halogenated alkanes) is 1. The van der Waals surface area contributed by atoms with Gasteiger partial charge in [0, 0.05) is 0 Å². The number of aryl methyl sites for hydroxylation is 1. The summed E-state index contributed by atoms with van der Waals surface area (Å²) < 4.78 is 5.68. The summed E-state index contributed by atoms with van der Waals surface area (Å²) in [5.74, 6) is 0.966. The smallest absolute Gasteiger partial charge is 0.119 e. The van der Waals surface area contributed by atoms with E-state index in [4.69, 9.17) is 10.5 Å². The minimum absolute atomic E-state index is 0.268. The molecule has 1 aromatic carbocycles. The molecule has 2 nitrogen and oxygen atoms in total. The monoisotopic (exact) mass is 235 g/mol. The number of rotatable bonds is 7. The van der Waals surface area contributed by atoms with E-state index in [2.05, 4.69) is 32.9 Å². The number of ether oxygens (including phenoxy) is 1. The zero-order chi connectivity index (χ0) is 12.7. The topological polar surface area (TPSA) is 35.2 Å². The number of hydrogen-bond donors (Lipinski definition) is 1. The minimum Gasteiger partial charge on any atom is -0.494 e. The second kappa shape index (κ2) is 6.65. The molecule has 0 aromatic heterocycles. The summed E-state index contributed by atoms with van der Waals surface area (Å²) in [6, 6.07) is 8.21. The van der Waals surface area contributed by atoms with E-state index in [0.29, 0.717) is 0 Å². The van der Waals surface area contributed by atoms with Crippen LogP contribution in [0.1, 0.15) is 38.7 Å². The Labute approximate surface area is 105 Å². The summed E-state index contributed by atoms with van der Waals surface area (Å²) in [5.41, 5.74) is 7.23. The van der Waals surface area contributed by atoms with Crippen LogP contribution in [-0.4, -0.2) is 13.2 Å². The summed E-state index contributed by atoms with van der Waals surface area (Å²) in [5, 5.41) is 0. The number of benzene rings is 1. The molecule has 1 aromatic rings. The van der Waals surface area contributed by atoms with E-state index in [1.165, 1.54) is 18.4 Å². The van der Waals surface area contributed by atoms with Crippen LogP contribution in [0.3, 0.4) is 0 Å². The SMILES string of the molecule is Cc1ccc(OCCCCC(C)(C)CN)cc1. The van der Waals surface area contributed by atoms with Gasteiger partial charge >= 0.3 is 0 Å². The molecule has 0 amide bonds. The van der Waals surface area contributed by atoms with E-state index < -0.39 is 0 Å². The largest absolute Gasteiger partial charge is 0.494 e. The predicted octanol–water partition coefficient (Wildman–Crippen LogP) is 3.53. The van der Waals surface area contributed by atoms with Gasteiger partial charge in [-0.15, -0.1) is 0 Å². The highest BCUT2D eigenvalue weighted by Gasteiger charge is 2.14. The van der Waals surface area contributed by atoms with Gasteiger partial charge in [0.25, 0.3) is 0 Å². The maximum Gasteiger partial charge on any atom is 0.119 e. The first kappa shape index (κ1) is 14.0. The molecule has 0 spiro atoms. The molecule has 96 valence electrons. The average molecular weight is 235 g/mol. The Bertz CT molecular complexity index is 316. The molecule has 0 bridgehead atoms. The molecule has 0 saturated carbocycles. The molecule has 17 heavy (non-hydrogen) atoms. The molecule has 0 heterocycles. The van der Waals surface area contributed by atoms with Crippen LogP contribution in [0, 0.1) is 12.3 Å². The zero-order valence-corrected chi connectivity index (χ0v) is 11.3. The van der Waals surface area contributed by atoms with Gasteiger partial charge in [-0.2, -0.15) is 0 Å². The van der Waals surface area contributed by atoms with Crippen molar-refractivity contribution in [3.05, 3.63) is 29.8 Å². The molecule has 2 N–H and O–H groups in total. The van der Waals surface area contributed by atoms with Crippen LogP contribution in [0.4, 0.5) is 0 Å². The second-order valence-electron chi connectivity index (χ2n) is 5.49. The Morgan fingerprint density at radius 3 is 2.35 bits per heavy atom. The lowest BCUT2D eigenvalue weighted by molar-refractivity contribution is 0.279. The van der Waals surface area contributed by atoms with Gasteiger partial charge in [0.15, 0.2) is 0 Å². The van der Waals surface area contributed by atoms with Crippen molar-refractivity contribution in [2.45, 2.75) is 40.0 Å². The molecular formula is C15H25NO. The Kier molecular flexibility index (Phi) is 5.49. The van der Waals surface area contributed by atoms with Crippen LogP contribution in [0.15, 0.2) is 24.3 Å². The molecule has 2 heteroatoms. The Morgan fingerprint density at radius 1 is 1.12 bits per heavy atom. The third-order valence-electron chi connectivity index (χ3n) is 3.09. The van der Waals surface area contributed by atoms with Crippen molar-refractivity contribution in [1.82, 2.24) is 0 Å². The highest BCUT2D eigenvalue weighted by molar-refractivity contribution is 5.26. The first-order chi connectivity index (χ1) is 8.03. The van der Waals surface area contributed by atoms with Crippen LogP contribution < -0.4 is 10.5 Å². The van der Waals surface area contributed by atoms with Crippen molar-refractivity contribution >= 4 is 0 Å². The molecule has 0 fully saturated rings. The fourth-order valence-electron chi connectivity index (χ4n) is 1.63. The van der Waals surface area contributed by atoms with E-state index in [-0.39, 0.29) is 5.41 Å². The molecule has 0 unspecified atom stereocenters. The van der Waals surface area contributed by atoms with E-state index >= 15 is 0 Å². The maximum atomic E-state index is 5.69. The molecule has 0 radical (unpaired) electrons. The van der Waals surface area contributed by atoms with Gasteiger partial charge < -0.3 is 10.5 Å². The van der Waals surface area contributed by atoms with Crippen molar-refractivity contribution < 1.29 is 4.74 Å². The Balaban J connectivity index is 2.14. The highest BCUT2D eigenvalue weighted by Crippen LogP contribution is 2.21. The van der Waals surface area contributed by atoms with Gasteiger partial charge in [-0.05, 0) is 50.3 Å². The third-order valence-corrected chi connectivity index (χ3v) is 3.09. The fourth-order valence-corrected chi connectivity index (χ4v) is 1.63. The van der Waals surface area contributed by atoms with Gasteiger partial charge in [-0.25, -0.2) is 0 Å². The Hall–Kier alpha value is -1.02. The molecule has 0 aliphatic carbocycles. The summed E-state index contributed by atoms with van der Waals surface area (Å²) in [4.78, 5) is 0. The van der Waals surface area contributed by atoms with Gasteiger partial charge in [-0.3, -0.25) is 0 Å². The van der Waals surface area contributed by atoms with E-state index in [9.17, 15) is 0 Å². The van der Waals surface area contributed by atoms with Gasteiger partial charge in [-0.1, -0.05) is 31.5 Å². The highest BCUT2D eigenvalue weighted by atomic mass is 16.5. The fraction of sp³-hybridized carbons (Fsp3) is 0.600. The summed E-state index contributed by atoms with van der Waals surface area (Å²) >= 11 is 0. The van der Waals surface area contributed by atoms with Crippen molar-refractivity contribution in [2.24, 2.45) is 11.1 Å². The van der Waals surface area contributed by atoms with Crippen LogP contribution in [0.2, 0.25) is 0 Å². The number of hydrogen-bond acceptors (Lipinski definition) is 2. The van der Waals surface area contributed by atoms with Crippen molar-refractivity contribution in [1.29, 1.82) is 0 Å². The van der Waals surface area contributed by atoms with E-state index in [1.54, 1.807) is 0 Å². The standard InChI is InChI=1S/C15H25NO/c1-13-6-8-14(9-7-13)17-11-5-4-10-15(2,3)12-16/h6-9H,4-5,10-12,16H2,1-3H3. The molecular weight excluding hydrogens is 210 g/mol. The first-order valence-electron chi connectivity index (χ1n) is 6.43. The zero-order valence-electron chi connectivity index (χ0n) is 11.3. The molecule has 0 atom stereocenters. The second-order valence-corrected chi connectivity index (χ2v) is 5.49. The summed E-state index contributed by atoms with van der Waals surface area (Å²) in [6.07, 6.45) is 3.44. The number of nitrogens with two attached hydrogens (primary N) is 1. The molecule has 0 aliphatic rings. The summed E-state index contributed by atoms with van der Waals surface area (Å²) in [6.45, 7) is 8.07. The molecule has 0 aliphatic heterocycles. The summed E-state index contributed by atoms with van der Waals surface area (Å²) in [7, 11) is 0. The Morgan fingerprint density at radius 2 is 1.76 bits per heavy atom. The quantitative estimate of drug-likeness (QED) is 0.734. The van der Waals surface area contributed by atoms with Crippen molar-refractivity contribution in [3.63, 3.8) is 0 Å². The minimum atomic E-state index is 0.268. The van der Waals surface area contributed by atoms with Crippen LogP contribution in [-0.2, 0) is 0 Å². The lowest BCUT2D eigenvalue weighted by Gasteiger charge is -2.21. The van der Waals surface area contributed by atoms with Gasteiger partial charge in [0.2, 0.25) is 0 Å². The molecule has 1 rings (SSSR count). The lowest BCUT2D eigenvalue weighted by Crippen LogP contribution is -2.23. The van der Waals surface area contributed by atoms with Crippen LogP contribution >= 0.6 is 0 Å². The van der Waals surface area contributed by atoms with E-state index in [0.717, 1.165) is 25.3 Å².